The molecule has 1 N–H and O–H groups in total. The van der Waals surface area contributed by atoms with E-state index < -0.39 is 12.7 Å². The standard InChI is InChI=1S/C9H9BrF3NO/c1-15-8-3-6(10)2-7(4-8)14-5-9(11,12)13/h2-4,14H,5H2,1H3. The Hall–Kier alpha value is -0.910. The summed E-state index contributed by atoms with van der Waals surface area (Å²) in [5.74, 6) is 0.494. The van der Waals surface area contributed by atoms with Crippen LogP contribution in [-0.4, -0.2) is 19.8 Å². The van der Waals surface area contributed by atoms with Crippen molar-refractivity contribution < 1.29 is 17.9 Å². The number of hydrogen-bond donors (Lipinski definition) is 1. The zero-order valence-corrected chi connectivity index (χ0v) is 9.45. The highest BCUT2D eigenvalue weighted by molar-refractivity contribution is 9.10. The van der Waals surface area contributed by atoms with Crippen molar-refractivity contribution in [3.8, 4) is 5.75 Å². The maximum Gasteiger partial charge on any atom is 0.405 e. The molecule has 0 aliphatic carbocycles. The number of halogens is 4. The first-order chi connectivity index (χ1) is 6.90. The van der Waals surface area contributed by atoms with Crippen LogP contribution < -0.4 is 10.1 Å². The van der Waals surface area contributed by atoms with Crippen molar-refractivity contribution in [1.29, 1.82) is 0 Å². The van der Waals surface area contributed by atoms with Gasteiger partial charge in [-0.3, -0.25) is 0 Å². The van der Waals surface area contributed by atoms with Crippen molar-refractivity contribution in [2.45, 2.75) is 6.18 Å². The van der Waals surface area contributed by atoms with Crippen LogP contribution in [-0.2, 0) is 0 Å². The molecule has 0 spiro atoms. The third-order valence-electron chi connectivity index (χ3n) is 1.60. The molecule has 1 aromatic rings. The Morgan fingerprint density at radius 3 is 2.53 bits per heavy atom. The van der Waals surface area contributed by atoms with Crippen LogP contribution in [0.4, 0.5) is 18.9 Å². The van der Waals surface area contributed by atoms with Crippen molar-refractivity contribution >= 4 is 21.6 Å². The Balaban J connectivity index is 2.73. The second-order valence-electron chi connectivity index (χ2n) is 2.85. The molecule has 0 saturated heterocycles. The van der Waals surface area contributed by atoms with Gasteiger partial charge in [0.25, 0.3) is 0 Å². The van der Waals surface area contributed by atoms with Crippen molar-refractivity contribution in [3.63, 3.8) is 0 Å². The smallest absolute Gasteiger partial charge is 0.405 e. The number of nitrogens with one attached hydrogen (secondary N) is 1. The average molecular weight is 284 g/mol. The number of ether oxygens (including phenoxy) is 1. The van der Waals surface area contributed by atoms with E-state index >= 15 is 0 Å². The van der Waals surface area contributed by atoms with E-state index in [-0.39, 0.29) is 0 Å². The summed E-state index contributed by atoms with van der Waals surface area (Å²) in [5, 5.41) is 2.27. The van der Waals surface area contributed by atoms with Gasteiger partial charge in [-0.25, -0.2) is 0 Å². The van der Waals surface area contributed by atoms with Crippen LogP contribution in [0.15, 0.2) is 22.7 Å². The molecule has 15 heavy (non-hydrogen) atoms. The van der Waals surface area contributed by atoms with Crippen LogP contribution in [0.25, 0.3) is 0 Å². The van der Waals surface area contributed by atoms with Crippen LogP contribution in [0.5, 0.6) is 5.75 Å². The van der Waals surface area contributed by atoms with E-state index in [0.717, 1.165) is 0 Å². The normalized spacial score (nSPS) is 11.3. The topological polar surface area (TPSA) is 21.3 Å². The third kappa shape index (κ3) is 4.42. The second-order valence-corrected chi connectivity index (χ2v) is 3.76. The molecule has 6 heteroatoms. The van der Waals surface area contributed by atoms with Gasteiger partial charge >= 0.3 is 6.18 Å². The van der Waals surface area contributed by atoms with Crippen LogP contribution in [0.1, 0.15) is 0 Å². The molecule has 0 saturated carbocycles. The van der Waals surface area contributed by atoms with E-state index in [2.05, 4.69) is 21.2 Å². The minimum atomic E-state index is -4.23. The molecule has 0 radical (unpaired) electrons. The first-order valence-electron chi connectivity index (χ1n) is 4.06. The van der Waals surface area contributed by atoms with Crippen molar-refractivity contribution in [3.05, 3.63) is 22.7 Å². The Morgan fingerprint density at radius 2 is 2.00 bits per heavy atom. The Labute approximate surface area is 93.6 Å². The van der Waals surface area contributed by atoms with Crippen molar-refractivity contribution in [2.75, 3.05) is 19.0 Å². The van der Waals surface area contributed by atoms with Crippen LogP contribution in [0.2, 0.25) is 0 Å². The minimum absolute atomic E-state index is 0.360. The number of rotatable bonds is 3. The van der Waals surface area contributed by atoms with E-state index in [9.17, 15) is 13.2 Å². The van der Waals surface area contributed by atoms with Gasteiger partial charge in [0.1, 0.15) is 12.3 Å². The molecule has 0 aromatic heterocycles. The lowest BCUT2D eigenvalue weighted by Crippen LogP contribution is -2.21. The van der Waals surface area contributed by atoms with E-state index in [4.69, 9.17) is 4.74 Å². The lowest BCUT2D eigenvalue weighted by molar-refractivity contribution is -0.115. The number of benzene rings is 1. The highest BCUT2D eigenvalue weighted by atomic mass is 79.9. The lowest BCUT2D eigenvalue weighted by Gasteiger charge is -2.11. The fraction of sp³-hybridized carbons (Fsp3) is 0.333. The van der Waals surface area contributed by atoms with Gasteiger partial charge in [-0.1, -0.05) is 15.9 Å². The predicted molar refractivity (Wildman–Crippen MR) is 55.2 cm³/mol. The Bertz CT molecular complexity index is 341. The molecule has 0 unspecified atom stereocenters. The third-order valence-corrected chi connectivity index (χ3v) is 2.06. The van der Waals surface area contributed by atoms with E-state index in [1.165, 1.54) is 13.2 Å². The number of hydrogen-bond acceptors (Lipinski definition) is 2. The van der Waals surface area contributed by atoms with Crippen molar-refractivity contribution in [2.24, 2.45) is 0 Å². The largest absolute Gasteiger partial charge is 0.497 e. The maximum absolute atomic E-state index is 11.9. The summed E-state index contributed by atoms with van der Waals surface area (Å²) in [6.07, 6.45) is -4.23. The summed E-state index contributed by atoms with van der Waals surface area (Å²) in [7, 11) is 1.45. The summed E-state index contributed by atoms with van der Waals surface area (Å²) >= 11 is 3.17. The van der Waals surface area contributed by atoms with Gasteiger partial charge in [0.15, 0.2) is 0 Å². The highest BCUT2D eigenvalue weighted by Gasteiger charge is 2.26. The molecule has 0 amide bonds. The van der Waals surface area contributed by atoms with Crippen molar-refractivity contribution in [1.82, 2.24) is 0 Å². The lowest BCUT2D eigenvalue weighted by atomic mass is 10.3. The SMILES string of the molecule is COc1cc(Br)cc(NCC(F)(F)F)c1. The van der Waals surface area contributed by atoms with E-state index in [1.807, 2.05) is 0 Å². The van der Waals surface area contributed by atoms with Gasteiger partial charge < -0.3 is 10.1 Å². The monoisotopic (exact) mass is 283 g/mol. The van der Waals surface area contributed by atoms with Gasteiger partial charge in [0.2, 0.25) is 0 Å². The Morgan fingerprint density at radius 1 is 1.33 bits per heavy atom. The Kier molecular flexibility index (Phi) is 3.84. The maximum atomic E-state index is 11.9. The predicted octanol–water partition coefficient (Wildman–Crippen LogP) is 3.43. The summed E-state index contributed by atoms with van der Waals surface area (Å²) in [6.45, 7) is -1.06. The zero-order chi connectivity index (χ0) is 11.5. The molecular weight excluding hydrogens is 275 g/mol. The second kappa shape index (κ2) is 4.74. The number of methoxy groups -OCH3 is 1. The quantitative estimate of drug-likeness (QED) is 0.918. The number of anilines is 1. The zero-order valence-electron chi connectivity index (χ0n) is 7.86. The van der Waals surface area contributed by atoms with Gasteiger partial charge in [-0.05, 0) is 12.1 Å². The average Bonchev–Trinajstić information content (AvgIpc) is 2.13. The van der Waals surface area contributed by atoms with Gasteiger partial charge in [-0.15, -0.1) is 0 Å². The van der Waals surface area contributed by atoms with E-state index in [0.29, 0.717) is 15.9 Å². The molecule has 1 rings (SSSR count). The minimum Gasteiger partial charge on any atom is -0.497 e. The first-order valence-corrected chi connectivity index (χ1v) is 4.85. The molecule has 0 atom stereocenters. The molecule has 2 nitrogen and oxygen atoms in total. The molecule has 1 aromatic carbocycles. The fourth-order valence-electron chi connectivity index (χ4n) is 0.985. The summed E-state index contributed by atoms with van der Waals surface area (Å²) in [4.78, 5) is 0. The fourth-order valence-corrected chi connectivity index (χ4v) is 1.46. The molecule has 0 fully saturated rings. The summed E-state index contributed by atoms with van der Waals surface area (Å²) in [5.41, 5.74) is 0.360. The van der Waals surface area contributed by atoms with Gasteiger partial charge in [0.05, 0.1) is 7.11 Å². The first kappa shape index (κ1) is 12.2. The molecule has 84 valence electrons. The van der Waals surface area contributed by atoms with Gasteiger partial charge in [-0.2, -0.15) is 13.2 Å². The summed E-state index contributed by atoms with van der Waals surface area (Å²) in [6, 6.07) is 4.71. The molecule has 0 bridgehead atoms. The van der Waals surface area contributed by atoms with E-state index in [1.54, 1.807) is 12.1 Å². The molecule has 0 heterocycles. The van der Waals surface area contributed by atoms with Crippen LogP contribution in [0, 0.1) is 0 Å². The number of alkyl halides is 3. The molecule has 0 aliphatic rings. The van der Waals surface area contributed by atoms with Crippen LogP contribution >= 0.6 is 15.9 Å². The molecule has 0 aliphatic heterocycles. The van der Waals surface area contributed by atoms with Gasteiger partial charge in [0, 0.05) is 16.2 Å². The van der Waals surface area contributed by atoms with Crippen LogP contribution in [0.3, 0.4) is 0 Å². The highest BCUT2D eigenvalue weighted by Crippen LogP contribution is 2.25. The molecular formula is C9H9BrF3NO. The summed E-state index contributed by atoms with van der Waals surface area (Å²) < 4.78 is 41.3.